The second kappa shape index (κ2) is 8.87. The molecule has 0 spiro atoms. The number of halogens is 1. The number of benzene rings is 1. The summed E-state index contributed by atoms with van der Waals surface area (Å²) in [5.74, 6) is 0.215. The lowest BCUT2D eigenvalue weighted by Gasteiger charge is -2.37. The van der Waals surface area contributed by atoms with E-state index in [1.54, 1.807) is 0 Å². The first-order valence-corrected chi connectivity index (χ1v) is 9.38. The van der Waals surface area contributed by atoms with Crippen molar-refractivity contribution >= 4 is 24.2 Å². The lowest BCUT2D eigenvalue weighted by Crippen LogP contribution is -2.52. The van der Waals surface area contributed by atoms with Crippen LogP contribution >= 0.6 is 12.4 Å². The largest absolute Gasteiger partial charge is 0.352 e. The predicted molar refractivity (Wildman–Crippen MR) is 105 cm³/mol. The highest BCUT2D eigenvalue weighted by Crippen LogP contribution is 2.31. The van der Waals surface area contributed by atoms with Crippen LogP contribution in [0.5, 0.6) is 0 Å². The molecule has 1 saturated carbocycles. The van der Waals surface area contributed by atoms with Gasteiger partial charge in [0, 0.05) is 31.6 Å². The molecule has 2 fully saturated rings. The van der Waals surface area contributed by atoms with Gasteiger partial charge in [-0.2, -0.15) is 0 Å². The quantitative estimate of drug-likeness (QED) is 0.825. The highest BCUT2D eigenvalue weighted by molar-refractivity contribution is 5.85. The van der Waals surface area contributed by atoms with Crippen LogP contribution in [0.1, 0.15) is 56.6 Å². The topological polar surface area (TPSA) is 75.4 Å². The monoisotopic (exact) mass is 379 g/mol. The fourth-order valence-electron chi connectivity index (χ4n) is 3.96. The van der Waals surface area contributed by atoms with Crippen molar-refractivity contribution in [1.82, 2.24) is 10.2 Å². The van der Waals surface area contributed by atoms with Crippen molar-refractivity contribution in [2.75, 3.05) is 6.54 Å². The van der Waals surface area contributed by atoms with Gasteiger partial charge in [0.15, 0.2) is 0 Å². The van der Waals surface area contributed by atoms with E-state index >= 15 is 0 Å². The first-order chi connectivity index (χ1) is 12.0. The van der Waals surface area contributed by atoms with Gasteiger partial charge in [-0.05, 0) is 37.3 Å². The van der Waals surface area contributed by atoms with E-state index in [9.17, 15) is 9.59 Å². The Labute approximate surface area is 162 Å². The minimum absolute atomic E-state index is 0. The molecule has 0 aromatic heterocycles. The molecule has 6 heteroatoms. The molecule has 1 aromatic carbocycles. The minimum Gasteiger partial charge on any atom is -0.352 e. The molecular weight excluding hydrogens is 350 g/mol. The number of likely N-dealkylation sites (tertiary alicyclic amines) is 1. The van der Waals surface area contributed by atoms with Gasteiger partial charge in [0.25, 0.3) is 0 Å². The Kier molecular flexibility index (Phi) is 7.07. The van der Waals surface area contributed by atoms with E-state index in [0.717, 1.165) is 49.8 Å². The number of nitrogens with zero attached hydrogens (tertiary/aromatic N) is 1. The zero-order valence-corrected chi connectivity index (χ0v) is 16.3. The van der Waals surface area contributed by atoms with Crippen LogP contribution in [0.4, 0.5) is 0 Å². The summed E-state index contributed by atoms with van der Waals surface area (Å²) in [4.78, 5) is 26.1. The molecule has 1 heterocycles. The number of hydrogen-bond acceptors (Lipinski definition) is 3. The molecule has 0 bridgehead atoms. The lowest BCUT2D eigenvalue weighted by atomic mass is 9.74. The number of hydrogen-bond donors (Lipinski definition) is 2. The van der Waals surface area contributed by atoms with Crippen molar-refractivity contribution < 1.29 is 9.59 Å². The van der Waals surface area contributed by atoms with Gasteiger partial charge in [-0.25, -0.2) is 0 Å². The molecule has 2 aliphatic rings. The number of amides is 2. The molecule has 26 heavy (non-hydrogen) atoms. The molecule has 1 aliphatic heterocycles. The second-order valence-electron chi connectivity index (χ2n) is 7.76. The van der Waals surface area contributed by atoms with E-state index in [1.165, 1.54) is 0 Å². The molecule has 2 atom stereocenters. The molecule has 1 aliphatic carbocycles. The molecule has 1 saturated heterocycles. The van der Waals surface area contributed by atoms with E-state index < -0.39 is 5.54 Å². The molecule has 1 aromatic rings. The fourth-order valence-corrected chi connectivity index (χ4v) is 3.96. The van der Waals surface area contributed by atoms with Crippen molar-refractivity contribution in [3.63, 3.8) is 0 Å². The number of nitrogens with one attached hydrogen (secondary N) is 1. The Morgan fingerprint density at radius 1 is 1.23 bits per heavy atom. The molecule has 0 radical (unpaired) electrons. The van der Waals surface area contributed by atoms with Crippen LogP contribution in [0.15, 0.2) is 24.3 Å². The zero-order chi connectivity index (χ0) is 17.9. The summed E-state index contributed by atoms with van der Waals surface area (Å²) in [6.07, 6.45) is 5.61. The van der Waals surface area contributed by atoms with Gasteiger partial charge in [0.2, 0.25) is 11.8 Å². The van der Waals surface area contributed by atoms with Crippen LogP contribution in [0, 0.1) is 5.92 Å². The van der Waals surface area contributed by atoms with Crippen LogP contribution in [0.3, 0.4) is 0 Å². The van der Waals surface area contributed by atoms with Gasteiger partial charge in [-0.1, -0.05) is 37.1 Å². The Morgan fingerprint density at radius 3 is 2.54 bits per heavy atom. The highest BCUT2D eigenvalue weighted by Gasteiger charge is 2.37. The van der Waals surface area contributed by atoms with E-state index in [0.29, 0.717) is 19.5 Å². The average molecular weight is 380 g/mol. The maximum Gasteiger partial charge on any atom is 0.225 e. The van der Waals surface area contributed by atoms with Crippen LogP contribution in [0.25, 0.3) is 0 Å². The van der Waals surface area contributed by atoms with Crippen LogP contribution in [-0.2, 0) is 22.7 Å². The number of carbonyl (C=O) groups is 2. The maximum atomic E-state index is 12.5. The van der Waals surface area contributed by atoms with Gasteiger partial charge in [0.05, 0.1) is 5.92 Å². The summed E-state index contributed by atoms with van der Waals surface area (Å²) >= 11 is 0. The molecule has 2 unspecified atom stereocenters. The summed E-state index contributed by atoms with van der Waals surface area (Å²) in [6, 6.07) is 8.14. The van der Waals surface area contributed by atoms with Crippen molar-refractivity contribution in [3.05, 3.63) is 35.4 Å². The van der Waals surface area contributed by atoms with E-state index in [-0.39, 0.29) is 30.1 Å². The number of nitrogens with two attached hydrogens (primary N) is 1. The van der Waals surface area contributed by atoms with E-state index in [2.05, 4.69) is 5.32 Å². The molecule has 5 nitrogen and oxygen atoms in total. The third-order valence-electron chi connectivity index (χ3n) is 5.61. The molecule has 2 amide bonds. The molecular formula is C20H30ClN3O2. The summed E-state index contributed by atoms with van der Waals surface area (Å²) in [5.41, 5.74) is 8.11. The number of rotatable bonds is 5. The first kappa shape index (κ1) is 20.7. The van der Waals surface area contributed by atoms with Gasteiger partial charge >= 0.3 is 0 Å². The first-order valence-electron chi connectivity index (χ1n) is 9.38. The Bertz CT molecular complexity index is 630. The Morgan fingerprint density at radius 2 is 1.92 bits per heavy atom. The number of carbonyl (C=O) groups excluding carboxylic acids is 2. The average Bonchev–Trinajstić information content (AvgIpc) is 2.98. The molecule has 144 valence electrons. The zero-order valence-electron chi connectivity index (χ0n) is 15.5. The predicted octanol–water partition coefficient (Wildman–Crippen LogP) is 2.75. The summed E-state index contributed by atoms with van der Waals surface area (Å²) < 4.78 is 0. The maximum absolute atomic E-state index is 12.5. The fraction of sp³-hybridized carbons (Fsp3) is 0.600. The highest BCUT2D eigenvalue weighted by atomic mass is 35.5. The lowest BCUT2D eigenvalue weighted by molar-refractivity contribution is -0.129. The van der Waals surface area contributed by atoms with Crippen LogP contribution < -0.4 is 11.1 Å². The van der Waals surface area contributed by atoms with Gasteiger partial charge in [-0.3, -0.25) is 9.59 Å². The van der Waals surface area contributed by atoms with E-state index in [1.807, 2.05) is 36.1 Å². The minimum atomic E-state index is -0.394. The van der Waals surface area contributed by atoms with Gasteiger partial charge in [0.1, 0.15) is 0 Å². The van der Waals surface area contributed by atoms with Gasteiger partial charge in [-0.15, -0.1) is 12.4 Å². The summed E-state index contributed by atoms with van der Waals surface area (Å²) in [6.45, 7) is 4.05. The van der Waals surface area contributed by atoms with Crippen LogP contribution in [-0.4, -0.2) is 28.8 Å². The Hall–Kier alpha value is -1.59. The van der Waals surface area contributed by atoms with Crippen LogP contribution in [0.2, 0.25) is 0 Å². The van der Waals surface area contributed by atoms with Crippen molar-refractivity contribution in [2.45, 2.75) is 64.1 Å². The molecule has 3 rings (SSSR count). The van der Waals surface area contributed by atoms with Crippen molar-refractivity contribution in [2.24, 2.45) is 11.7 Å². The SMILES string of the molecule is CC1(N)CCCCC1C(=O)NCc1ccc(CN2CCCC2=O)cc1.Cl. The van der Waals surface area contributed by atoms with Crippen molar-refractivity contribution in [1.29, 1.82) is 0 Å². The standard InChI is InChI=1S/C20H29N3O2.ClH/c1-20(21)11-3-2-5-17(20)19(25)22-13-15-7-9-16(10-8-15)14-23-12-4-6-18(23)24;/h7-10,17H,2-6,11-14,21H2,1H3,(H,22,25);1H. The normalized spacial score (nSPS) is 25.7. The second-order valence-corrected chi connectivity index (χ2v) is 7.76. The Balaban J connectivity index is 0.00000243. The van der Waals surface area contributed by atoms with Gasteiger partial charge < -0.3 is 16.0 Å². The van der Waals surface area contributed by atoms with Crippen molar-refractivity contribution in [3.8, 4) is 0 Å². The third kappa shape index (κ3) is 4.98. The third-order valence-corrected chi connectivity index (χ3v) is 5.61. The van der Waals surface area contributed by atoms with E-state index in [4.69, 9.17) is 5.73 Å². The summed E-state index contributed by atoms with van der Waals surface area (Å²) in [7, 11) is 0. The summed E-state index contributed by atoms with van der Waals surface area (Å²) in [5, 5.41) is 3.04. The molecule has 3 N–H and O–H groups in total. The smallest absolute Gasteiger partial charge is 0.225 e.